The summed E-state index contributed by atoms with van der Waals surface area (Å²) < 4.78 is 18.2. The zero-order valence-electron chi connectivity index (χ0n) is 13.2. The number of nitrogens with one attached hydrogen (secondary N) is 1. The van der Waals surface area contributed by atoms with Crippen LogP contribution in [0.25, 0.3) is 11.3 Å². The van der Waals surface area contributed by atoms with Crippen molar-refractivity contribution in [3.8, 4) is 11.3 Å². The van der Waals surface area contributed by atoms with E-state index in [1.807, 2.05) is 0 Å². The second-order valence-electron chi connectivity index (χ2n) is 6.30. The summed E-state index contributed by atoms with van der Waals surface area (Å²) >= 11 is 0. The van der Waals surface area contributed by atoms with Gasteiger partial charge in [-0.1, -0.05) is 24.9 Å². The van der Waals surface area contributed by atoms with Gasteiger partial charge in [0.2, 0.25) is 5.91 Å². The summed E-state index contributed by atoms with van der Waals surface area (Å²) in [6.45, 7) is 2.19. The van der Waals surface area contributed by atoms with Crippen molar-refractivity contribution in [1.82, 2.24) is 10.5 Å². The predicted octanol–water partition coefficient (Wildman–Crippen LogP) is 3.72. The molecule has 5 heteroatoms. The van der Waals surface area contributed by atoms with Crippen LogP contribution in [0.5, 0.6) is 0 Å². The van der Waals surface area contributed by atoms with Crippen molar-refractivity contribution in [3.63, 3.8) is 0 Å². The van der Waals surface area contributed by atoms with E-state index in [-0.39, 0.29) is 24.2 Å². The predicted molar refractivity (Wildman–Crippen MR) is 85.2 cm³/mol. The van der Waals surface area contributed by atoms with E-state index in [9.17, 15) is 9.18 Å². The molecule has 1 aromatic carbocycles. The van der Waals surface area contributed by atoms with E-state index in [1.165, 1.54) is 31.4 Å². The molecule has 1 aliphatic rings. The van der Waals surface area contributed by atoms with Crippen molar-refractivity contribution in [2.24, 2.45) is 5.92 Å². The van der Waals surface area contributed by atoms with Crippen LogP contribution in [0.15, 0.2) is 34.9 Å². The number of hydrogen-bond acceptors (Lipinski definition) is 3. The van der Waals surface area contributed by atoms with Crippen molar-refractivity contribution in [2.75, 3.05) is 0 Å². The molecule has 1 amide bonds. The van der Waals surface area contributed by atoms with E-state index in [2.05, 4.69) is 17.4 Å². The van der Waals surface area contributed by atoms with Crippen LogP contribution in [0, 0.1) is 11.7 Å². The van der Waals surface area contributed by atoms with Gasteiger partial charge >= 0.3 is 0 Å². The fourth-order valence-electron chi connectivity index (χ4n) is 3.10. The highest BCUT2D eigenvalue weighted by Gasteiger charge is 2.23. The first-order valence-corrected chi connectivity index (χ1v) is 8.13. The Kier molecular flexibility index (Phi) is 4.74. The summed E-state index contributed by atoms with van der Waals surface area (Å²) in [6, 6.07) is 7.99. The topological polar surface area (TPSA) is 55.1 Å². The lowest BCUT2D eigenvalue weighted by molar-refractivity contribution is -0.121. The molecule has 2 atom stereocenters. The van der Waals surface area contributed by atoms with E-state index >= 15 is 0 Å². The largest absolute Gasteiger partial charge is 0.356 e. The Balaban J connectivity index is 1.60. The van der Waals surface area contributed by atoms with Gasteiger partial charge in [-0.2, -0.15) is 0 Å². The molecule has 2 unspecified atom stereocenters. The van der Waals surface area contributed by atoms with Crippen molar-refractivity contribution in [3.05, 3.63) is 41.8 Å². The Labute approximate surface area is 135 Å². The van der Waals surface area contributed by atoms with E-state index in [4.69, 9.17) is 4.52 Å². The lowest BCUT2D eigenvalue weighted by Gasteiger charge is -2.29. The molecule has 1 aliphatic carbocycles. The third-order valence-corrected chi connectivity index (χ3v) is 4.49. The first-order chi connectivity index (χ1) is 11.1. The average Bonchev–Trinajstić information content (AvgIpc) is 2.98. The van der Waals surface area contributed by atoms with Crippen LogP contribution in [-0.4, -0.2) is 17.1 Å². The number of aromatic nitrogens is 1. The number of carbonyl (C=O) groups is 1. The van der Waals surface area contributed by atoms with Crippen molar-refractivity contribution >= 4 is 5.91 Å². The third kappa shape index (κ3) is 3.97. The van der Waals surface area contributed by atoms with Gasteiger partial charge in [0.25, 0.3) is 0 Å². The normalized spacial score (nSPS) is 21.1. The molecular weight excluding hydrogens is 295 g/mol. The highest BCUT2D eigenvalue weighted by molar-refractivity contribution is 5.78. The maximum atomic E-state index is 12.9. The van der Waals surface area contributed by atoms with Gasteiger partial charge in [0.15, 0.2) is 5.76 Å². The Morgan fingerprint density at radius 2 is 2.04 bits per heavy atom. The molecule has 0 radical (unpaired) electrons. The molecule has 1 fully saturated rings. The highest BCUT2D eigenvalue weighted by Crippen LogP contribution is 2.24. The molecular formula is C18H21FN2O2. The van der Waals surface area contributed by atoms with E-state index in [0.29, 0.717) is 17.4 Å². The lowest BCUT2D eigenvalue weighted by Crippen LogP contribution is -2.41. The highest BCUT2D eigenvalue weighted by atomic mass is 19.1. The zero-order chi connectivity index (χ0) is 16.2. The number of hydrogen-bond donors (Lipinski definition) is 1. The lowest BCUT2D eigenvalue weighted by atomic mass is 9.86. The van der Waals surface area contributed by atoms with Crippen LogP contribution in [-0.2, 0) is 11.2 Å². The molecule has 0 spiro atoms. The molecule has 23 heavy (non-hydrogen) atoms. The summed E-state index contributed by atoms with van der Waals surface area (Å²) in [4.78, 5) is 12.2. The molecule has 0 aliphatic heterocycles. The van der Waals surface area contributed by atoms with Crippen LogP contribution in [0.2, 0.25) is 0 Å². The average molecular weight is 316 g/mol. The van der Waals surface area contributed by atoms with Crippen LogP contribution in [0.1, 0.15) is 38.3 Å². The van der Waals surface area contributed by atoms with Gasteiger partial charge in [-0.15, -0.1) is 0 Å². The molecule has 0 bridgehead atoms. The van der Waals surface area contributed by atoms with Gasteiger partial charge in [-0.05, 0) is 43.0 Å². The van der Waals surface area contributed by atoms with E-state index in [0.717, 1.165) is 12.0 Å². The summed E-state index contributed by atoms with van der Waals surface area (Å²) in [5.74, 6) is 0.746. The molecule has 0 saturated heterocycles. The molecule has 3 rings (SSSR count). The van der Waals surface area contributed by atoms with Crippen molar-refractivity contribution < 1.29 is 13.7 Å². The third-order valence-electron chi connectivity index (χ3n) is 4.49. The van der Waals surface area contributed by atoms with E-state index in [1.54, 1.807) is 18.2 Å². The van der Waals surface area contributed by atoms with Gasteiger partial charge in [0.1, 0.15) is 5.82 Å². The molecule has 122 valence electrons. The molecule has 1 heterocycles. The molecule has 1 aromatic heterocycles. The fraction of sp³-hybridized carbons (Fsp3) is 0.444. The Morgan fingerprint density at radius 3 is 2.78 bits per heavy atom. The van der Waals surface area contributed by atoms with Crippen molar-refractivity contribution in [1.29, 1.82) is 0 Å². The van der Waals surface area contributed by atoms with Crippen LogP contribution < -0.4 is 5.32 Å². The maximum absolute atomic E-state index is 12.9. The minimum atomic E-state index is -0.297. The second-order valence-corrected chi connectivity index (χ2v) is 6.30. The first-order valence-electron chi connectivity index (χ1n) is 8.13. The number of benzene rings is 1. The Hall–Kier alpha value is -2.17. The van der Waals surface area contributed by atoms with Gasteiger partial charge in [0.05, 0.1) is 12.1 Å². The van der Waals surface area contributed by atoms with Crippen LogP contribution in [0.3, 0.4) is 0 Å². The summed E-state index contributed by atoms with van der Waals surface area (Å²) in [5, 5.41) is 7.04. The number of nitrogens with zero attached hydrogens (tertiary/aromatic N) is 1. The number of carbonyl (C=O) groups excluding carboxylic acids is 1. The van der Waals surface area contributed by atoms with Crippen LogP contribution in [0.4, 0.5) is 4.39 Å². The molecule has 2 aromatic rings. The number of halogens is 1. The summed E-state index contributed by atoms with van der Waals surface area (Å²) in [6.07, 6.45) is 4.84. The smallest absolute Gasteiger partial charge is 0.226 e. The quantitative estimate of drug-likeness (QED) is 0.935. The van der Waals surface area contributed by atoms with Gasteiger partial charge in [-0.25, -0.2) is 4.39 Å². The second kappa shape index (κ2) is 6.94. The minimum Gasteiger partial charge on any atom is -0.356 e. The van der Waals surface area contributed by atoms with Gasteiger partial charge in [-0.3, -0.25) is 4.79 Å². The van der Waals surface area contributed by atoms with Gasteiger partial charge < -0.3 is 9.84 Å². The molecule has 4 nitrogen and oxygen atoms in total. The molecule has 1 saturated carbocycles. The van der Waals surface area contributed by atoms with Gasteiger partial charge in [0, 0.05) is 17.7 Å². The molecule has 1 N–H and O–H groups in total. The summed E-state index contributed by atoms with van der Waals surface area (Å²) in [7, 11) is 0. The Morgan fingerprint density at radius 1 is 1.30 bits per heavy atom. The Bertz CT molecular complexity index is 666. The SMILES string of the molecule is CC1CCCCC1NC(=O)Cc1cc(-c2ccc(F)cc2)on1. The van der Waals surface area contributed by atoms with Crippen LogP contribution >= 0.6 is 0 Å². The van der Waals surface area contributed by atoms with E-state index < -0.39 is 0 Å². The number of rotatable bonds is 4. The zero-order valence-corrected chi connectivity index (χ0v) is 13.2. The fourth-order valence-corrected chi connectivity index (χ4v) is 3.10. The minimum absolute atomic E-state index is 0.0253. The maximum Gasteiger partial charge on any atom is 0.226 e. The van der Waals surface area contributed by atoms with Crippen molar-refractivity contribution in [2.45, 2.75) is 45.1 Å². The first kappa shape index (κ1) is 15.7. The number of amides is 1. The summed E-state index contributed by atoms with van der Waals surface area (Å²) in [5.41, 5.74) is 1.33. The monoisotopic (exact) mass is 316 g/mol. The standard InChI is InChI=1S/C18H21FN2O2/c1-12-4-2-3-5-16(12)20-18(22)11-15-10-17(23-21-15)13-6-8-14(19)9-7-13/h6-10,12,16H,2-5,11H2,1H3,(H,20,22).